The van der Waals surface area contributed by atoms with Gasteiger partial charge in [-0.1, -0.05) is 23.7 Å². The first-order chi connectivity index (χ1) is 18.9. The van der Waals surface area contributed by atoms with E-state index in [0.29, 0.717) is 35.0 Å². The van der Waals surface area contributed by atoms with Crippen molar-refractivity contribution in [1.29, 1.82) is 5.26 Å². The fraction of sp³-hybridized carbons (Fsp3) is 0.379. The second-order valence-corrected chi connectivity index (χ2v) is 11.0. The minimum Gasteiger partial charge on any atom is -0.450 e. The van der Waals surface area contributed by atoms with Crippen LogP contribution >= 0.6 is 11.6 Å². The summed E-state index contributed by atoms with van der Waals surface area (Å²) in [5, 5.41) is 19.3. The summed E-state index contributed by atoms with van der Waals surface area (Å²) in [6, 6.07) is 12.7. The van der Waals surface area contributed by atoms with E-state index in [-0.39, 0.29) is 29.4 Å². The number of aromatic amines is 1. The molecule has 1 aliphatic rings. The Labute approximate surface area is 237 Å². The lowest BCUT2D eigenvalue weighted by molar-refractivity contribution is -0.137. The van der Waals surface area contributed by atoms with Crippen LogP contribution in [0.15, 0.2) is 47.3 Å². The van der Waals surface area contributed by atoms with Crippen molar-refractivity contribution in [1.82, 2.24) is 25.4 Å². The van der Waals surface area contributed by atoms with Crippen LogP contribution in [0.25, 0.3) is 0 Å². The van der Waals surface area contributed by atoms with E-state index in [9.17, 15) is 19.6 Å². The maximum atomic E-state index is 13.8. The van der Waals surface area contributed by atoms with Gasteiger partial charge in [0.15, 0.2) is 5.75 Å². The van der Waals surface area contributed by atoms with Gasteiger partial charge in [0.25, 0.3) is 5.91 Å². The van der Waals surface area contributed by atoms with Gasteiger partial charge in [0.05, 0.1) is 35.0 Å². The number of hydrogen-bond donors (Lipinski definition) is 2. The van der Waals surface area contributed by atoms with Crippen molar-refractivity contribution in [2.24, 2.45) is 5.41 Å². The van der Waals surface area contributed by atoms with E-state index in [4.69, 9.17) is 16.3 Å². The lowest BCUT2D eigenvalue weighted by atomic mass is 9.84. The van der Waals surface area contributed by atoms with Crippen LogP contribution in [0, 0.1) is 30.6 Å². The molecule has 2 amide bonds. The number of benzene rings is 1. The smallest absolute Gasteiger partial charge is 0.307 e. The molecular formula is C29H31ClN6O4. The highest BCUT2D eigenvalue weighted by Crippen LogP contribution is 2.43. The molecule has 1 saturated heterocycles. The molecule has 0 radical (unpaired) electrons. The zero-order valence-corrected chi connectivity index (χ0v) is 23.7. The van der Waals surface area contributed by atoms with Gasteiger partial charge < -0.3 is 15.0 Å². The minimum atomic E-state index is -0.888. The normalized spacial score (nSPS) is 17.7. The van der Waals surface area contributed by atoms with E-state index in [0.717, 1.165) is 5.56 Å². The van der Waals surface area contributed by atoms with Gasteiger partial charge in [-0.15, -0.1) is 0 Å². The zero-order chi connectivity index (χ0) is 29.2. The number of hydrogen-bond acceptors (Lipinski definition) is 7. The third-order valence-corrected chi connectivity index (χ3v) is 7.33. The molecule has 3 atom stereocenters. The topological polar surface area (TPSA) is 141 Å². The van der Waals surface area contributed by atoms with Crippen LogP contribution < -0.4 is 15.6 Å². The Bertz CT molecular complexity index is 1550. The molecule has 0 aliphatic carbocycles. The summed E-state index contributed by atoms with van der Waals surface area (Å²) in [5.74, 6) is -0.473. The van der Waals surface area contributed by atoms with E-state index >= 15 is 0 Å². The van der Waals surface area contributed by atoms with E-state index in [2.05, 4.69) is 26.6 Å². The van der Waals surface area contributed by atoms with E-state index in [1.54, 1.807) is 37.8 Å². The summed E-state index contributed by atoms with van der Waals surface area (Å²) < 4.78 is 5.68. The standard InChI is InChI=1S/C29H31ClN6O4/c1-16-13-24(27(38)35-34-16)40-23-11-9-21(32-17(23)2)26(37)33-18(3)28(39)36-22(19-7-6-8-20(30)14-19)10-12-25(36)29(4,5)15-31/h6-9,11,13-14,18,22,25H,10,12H2,1-5H3,(H,33,37)(H,35,38)/t18-,22+,25-/m1/s1. The highest BCUT2D eigenvalue weighted by molar-refractivity contribution is 6.30. The Hall–Kier alpha value is -4.23. The van der Waals surface area contributed by atoms with Gasteiger partial charge >= 0.3 is 5.56 Å². The number of nitrogens with zero attached hydrogens (tertiary/aromatic N) is 4. The van der Waals surface area contributed by atoms with Crippen molar-refractivity contribution in [3.8, 4) is 17.6 Å². The second-order valence-electron chi connectivity index (χ2n) is 10.5. The number of amides is 2. The van der Waals surface area contributed by atoms with Crippen molar-refractivity contribution < 1.29 is 14.3 Å². The molecule has 1 aliphatic heterocycles. The van der Waals surface area contributed by atoms with Crippen LogP contribution in [0.2, 0.25) is 5.02 Å². The average molecular weight is 563 g/mol. The molecule has 10 nitrogen and oxygen atoms in total. The Morgan fingerprint density at radius 3 is 2.62 bits per heavy atom. The predicted octanol–water partition coefficient (Wildman–Crippen LogP) is 4.63. The van der Waals surface area contributed by atoms with Crippen molar-refractivity contribution in [3.63, 3.8) is 0 Å². The highest BCUT2D eigenvalue weighted by atomic mass is 35.5. The number of nitrogens with one attached hydrogen (secondary N) is 2. The largest absolute Gasteiger partial charge is 0.450 e. The molecule has 2 aromatic heterocycles. The number of aryl methyl sites for hydroxylation is 2. The van der Waals surface area contributed by atoms with Crippen LogP contribution in [0.1, 0.15) is 67.1 Å². The Balaban J connectivity index is 1.53. The van der Waals surface area contributed by atoms with Gasteiger partial charge in [0.1, 0.15) is 17.5 Å². The van der Waals surface area contributed by atoms with Crippen molar-refractivity contribution in [2.75, 3.05) is 0 Å². The number of carbonyl (C=O) groups is 2. The third kappa shape index (κ3) is 6.00. The molecule has 0 spiro atoms. The first-order valence-corrected chi connectivity index (χ1v) is 13.3. The highest BCUT2D eigenvalue weighted by Gasteiger charge is 2.46. The average Bonchev–Trinajstić information content (AvgIpc) is 3.37. The van der Waals surface area contributed by atoms with Crippen LogP contribution in [0.3, 0.4) is 0 Å². The second kappa shape index (κ2) is 11.5. The molecule has 0 unspecified atom stereocenters. The lowest BCUT2D eigenvalue weighted by Crippen LogP contribution is -2.52. The van der Waals surface area contributed by atoms with Gasteiger partial charge in [0.2, 0.25) is 5.91 Å². The summed E-state index contributed by atoms with van der Waals surface area (Å²) in [5.41, 5.74) is 0.645. The first kappa shape index (κ1) is 28.8. The molecule has 4 rings (SSSR count). The maximum absolute atomic E-state index is 13.8. The molecule has 2 N–H and O–H groups in total. The van der Waals surface area contributed by atoms with E-state index < -0.39 is 22.9 Å². The minimum absolute atomic E-state index is 0.0588. The molecular weight excluding hydrogens is 532 g/mol. The van der Waals surface area contributed by atoms with Gasteiger partial charge in [-0.2, -0.15) is 10.4 Å². The molecule has 3 heterocycles. The summed E-state index contributed by atoms with van der Waals surface area (Å²) in [6.07, 6.45) is 1.32. The number of carbonyl (C=O) groups excluding carboxylic acids is 2. The number of nitriles is 1. The summed E-state index contributed by atoms with van der Waals surface area (Å²) in [4.78, 5) is 45.0. The molecule has 40 heavy (non-hydrogen) atoms. The predicted molar refractivity (Wildman–Crippen MR) is 149 cm³/mol. The van der Waals surface area contributed by atoms with Gasteiger partial charge in [-0.05, 0) is 77.3 Å². The molecule has 0 bridgehead atoms. The number of halogens is 1. The number of ether oxygens (including phenoxy) is 1. The van der Waals surface area contributed by atoms with Crippen molar-refractivity contribution in [3.05, 3.63) is 80.5 Å². The van der Waals surface area contributed by atoms with Crippen molar-refractivity contribution in [2.45, 2.75) is 65.6 Å². The fourth-order valence-corrected chi connectivity index (χ4v) is 5.16. The summed E-state index contributed by atoms with van der Waals surface area (Å²) >= 11 is 6.24. The quantitative estimate of drug-likeness (QED) is 0.427. The molecule has 11 heteroatoms. The van der Waals surface area contributed by atoms with Crippen LogP contribution in [-0.4, -0.2) is 44.0 Å². The number of pyridine rings is 1. The van der Waals surface area contributed by atoms with Crippen LogP contribution in [-0.2, 0) is 4.79 Å². The summed E-state index contributed by atoms with van der Waals surface area (Å²) in [7, 11) is 0. The SMILES string of the molecule is Cc1cc(Oc2ccc(C(=O)N[C@H](C)C(=O)N3[C@H](c4cccc(Cl)c4)CC[C@@H]3C(C)(C)C#N)nc2C)c(=O)[nH]n1. The number of rotatable bonds is 7. The van der Waals surface area contributed by atoms with Crippen LogP contribution in [0.4, 0.5) is 0 Å². The number of aromatic nitrogens is 3. The van der Waals surface area contributed by atoms with Gasteiger partial charge in [-0.25, -0.2) is 10.1 Å². The third-order valence-electron chi connectivity index (χ3n) is 7.10. The fourth-order valence-electron chi connectivity index (χ4n) is 4.96. The number of H-pyrrole nitrogens is 1. The lowest BCUT2D eigenvalue weighted by Gasteiger charge is -2.38. The molecule has 3 aromatic rings. The Morgan fingerprint density at radius 1 is 1.20 bits per heavy atom. The number of likely N-dealkylation sites (tertiary alicyclic amines) is 1. The molecule has 1 aromatic carbocycles. The van der Waals surface area contributed by atoms with Gasteiger partial charge in [-0.3, -0.25) is 14.4 Å². The summed E-state index contributed by atoms with van der Waals surface area (Å²) in [6.45, 7) is 8.62. The molecule has 208 valence electrons. The zero-order valence-electron chi connectivity index (χ0n) is 23.0. The van der Waals surface area contributed by atoms with E-state index in [1.807, 2.05) is 32.0 Å². The molecule has 1 fully saturated rings. The Morgan fingerprint density at radius 2 is 1.95 bits per heavy atom. The monoisotopic (exact) mass is 562 g/mol. The molecule has 0 saturated carbocycles. The van der Waals surface area contributed by atoms with Crippen molar-refractivity contribution >= 4 is 23.4 Å². The van der Waals surface area contributed by atoms with E-state index in [1.165, 1.54) is 12.1 Å². The Kier molecular flexibility index (Phi) is 8.26. The van der Waals surface area contributed by atoms with Crippen LogP contribution in [0.5, 0.6) is 11.5 Å². The van der Waals surface area contributed by atoms with Gasteiger partial charge in [0, 0.05) is 11.1 Å². The maximum Gasteiger partial charge on any atom is 0.307 e. The first-order valence-electron chi connectivity index (χ1n) is 12.9.